The Morgan fingerprint density at radius 3 is 2.90 bits per heavy atom. The Balaban J connectivity index is 1.63. The molecule has 2 N–H and O–H groups in total. The van der Waals surface area contributed by atoms with Crippen molar-refractivity contribution in [3.05, 3.63) is 24.0 Å². The first-order valence-electron chi connectivity index (χ1n) is 7.90. The summed E-state index contributed by atoms with van der Waals surface area (Å²) in [4.78, 5) is 17.2. The summed E-state index contributed by atoms with van der Waals surface area (Å²) in [5.74, 6) is 0.0539. The van der Waals surface area contributed by atoms with Crippen molar-refractivity contribution in [3.8, 4) is 0 Å². The zero-order valence-corrected chi connectivity index (χ0v) is 12.5. The third-order valence-corrected chi connectivity index (χ3v) is 4.80. The molecule has 5 nitrogen and oxygen atoms in total. The Labute approximate surface area is 125 Å². The van der Waals surface area contributed by atoms with Gasteiger partial charge in [-0.25, -0.2) is 0 Å². The molecule has 2 atom stereocenters. The van der Waals surface area contributed by atoms with Crippen LogP contribution in [0.5, 0.6) is 0 Å². The van der Waals surface area contributed by atoms with Crippen LogP contribution in [-0.4, -0.2) is 51.8 Å². The maximum Gasteiger partial charge on any atom is 0.270 e. The number of H-pyrrole nitrogens is 1. The molecule has 5 heteroatoms. The van der Waals surface area contributed by atoms with Crippen molar-refractivity contribution in [1.29, 1.82) is 0 Å². The molecule has 1 aromatic heterocycles. The number of aromatic nitrogens is 1. The zero-order valence-electron chi connectivity index (χ0n) is 12.5. The second-order valence-corrected chi connectivity index (χ2v) is 6.30. The van der Waals surface area contributed by atoms with Crippen LogP contribution in [0.4, 0.5) is 0 Å². The number of nitrogens with one attached hydrogen (secondary N) is 1. The summed E-state index contributed by atoms with van der Waals surface area (Å²) in [6.45, 7) is 3.49. The second kappa shape index (κ2) is 5.81. The molecule has 0 unspecified atom stereocenters. The van der Waals surface area contributed by atoms with Crippen LogP contribution in [0, 0.1) is 0 Å². The molecule has 2 fully saturated rings. The van der Waals surface area contributed by atoms with Crippen molar-refractivity contribution >= 4 is 5.91 Å². The van der Waals surface area contributed by atoms with E-state index in [0.717, 1.165) is 25.7 Å². The summed E-state index contributed by atoms with van der Waals surface area (Å²) in [5.41, 5.74) is 0.409. The van der Waals surface area contributed by atoms with Crippen molar-refractivity contribution in [1.82, 2.24) is 9.88 Å². The Bertz CT molecular complexity index is 478. The van der Waals surface area contributed by atoms with Gasteiger partial charge in [0.2, 0.25) is 0 Å². The van der Waals surface area contributed by atoms with E-state index in [0.29, 0.717) is 25.2 Å². The number of aliphatic hydroxyl groups excluding tert-OH is 1. The first kappa shape index (κ1) is 14.6. The van der Waals surface area contributed by atoms with E-state index in [1.807, 2.05) is 11.0 Å². The predicted molar refractivity (Wildman–Crippen MR) is 79.1 cm³/mol. The third-order valence-electron chi connectivity index (χ3n) is 4.80. The van der Waals surface area contributed by atoms with Crippen LogP contribution in [0.2, 0.25) is 0 Å². The van der Waals surface area contributed by atoms with Crippen LogP contribution >= 0.6 is 0 Å². The number of nitrogens with zero attached hydrogens (tertiary/aromatic N) is 1. The summed E-state index contributed by atoms with van der Waals surface area (Å²) < 4.78 is 6.25. The van der Waals surface area contributed by atoms with Crippen molar-refractivity contribution in [2.75, 3.05) is 13.1 Å². The van der Waals surface area contributed by atoms with Crippen LogP contribution in [-0.2, 0) is 4.74 Å². The van der Waals surface area contributed by atoms with Gasteiger partial charge in [0.05, 0.1) is 17.8 Å². The van der Waals surface area contributed by atoms with E-state index in [1.54, 1.807) is 12.3 Å². The summed E-state index contributed by atoms with van der Waals surface area (Å²) in [7, 11) is 0. The minimum Gasteiger partial charge on any atom is -0.393 e. The summed E-state index contributed by atoms with van der Waals surface area (Å²) in [5, 5.41) is 10.1. The van der Waals surface area contributed by atoms with Crippen LogP contribution in [0.3, 0.4) is 0 Å². The molecule has 3 rings (SSSR count). The fourth-order valence-corrected chi connectivity index (χ4v) is 3.59. The van der Waals surface area contributed by atoms with Crippen LogP contribution in [0.1, 0.15) is 49.5 Å². The number of amides is 1. The standard InChI is InChI=1S/C16H24N2O3/c1-2-13-10-12(19)11-16(21-13)5-8-18(9-6-16)15(20)14-4-3-7-17-14/h3-4,7,12-13,17,19H,2,5-6,8-11H2,1H3/t12-,13+/m1/s1. The molecule has 2 aliphatic heterocycles. The molecule has 1 spiro atoms. The van der Waals surface area contributed by atoms with Crippen LogP contribution in [0.15, 0.2) is 18.3 Å². The van der Waals surface area contributed by atoms with Crippen LogP contribution in [0.25, 0.3) is 0 Å². The van der Waals surface area contributed by atoms with Gasteiger partial charge >= 0.3 is 0 Å². The molecular formula is C16H24N2O3. The summed E-state index contributed by atoms with van der Waals surface area (Å²) in [6, 6.07) is 3.64. The number of hydrogen-bond acceptors (Lipinski definition) is 3. The maximum atomic E-state index is 12.3. The number of likely N-dealkylation sites (tertiary alicyclic amines) is 1. The first-order chi connectivity index (χ1) is 10.1. The molecule has 0 aliphatic carbocycles. The molecular weight excluding hydrogens is 268 g/mol. The summed E-state index contributed by atoms with van der Waals surface area (Å²) in [6.07, 6.45) is 5.65. The lowest BCUT2D eigenvalue weighted by molar-refractivity contribution is -0.179. The van der Waals surface area contributed by atoms with Crippen molar-refractivity contribution in [2.24, 2.45) is 0 Å². The fourth-order valence-electron chi connectivity index (χ4n) is 3.59. The second-order valence-electron chi connectivity index (χ2n) is 6.30. The number of hydrogen-bond donors (Lipinski definition) is 2. The molecule has 1 aromatic rings. The Morgan fingerprint density at radius 2 is 2.29 bits per heavy atom. The van der Waals surface area contributed by atoms with Gasteiger partial charge in [0, 0.05) is 25.7 Å². The smallest absolute Gasteiger partial charge is 0.270 e. The summed E-state index contributed by atoms with van der Waals surface area (Å²) >= 11 is 0. The fraction of sp³-hybridized carbons (Fsp3) is 0.688. The van der Waals surface area contributed by atoms with Gasteiger partial charge in [0.25, 0.3) is 5.91 Å². The van der Waals surface area contributed by atoms with Crippen molar-refractivity contribution in [3.63, 3.8) is 0 Å². The van der Waals surface area contributed by atoms with Crippen molar-refractivity contribution < 1.29 is 14.6 Å². The highest BCUT2D eigenvalue weighted by Gasteiger charge is 2.43. The average Bonchev–Trinajstić information content (AvgIpc) is 3.00. The Morgan fingerprint density at radius 1 is 1.52 bits per heavy atom. The van der Waals surface area contributed by atoms with Gasteiger partial charge in [-0.1, -0.05) is 6.92 Å². The van der Waals surface area contributed by atoms with E-state index < -0.39 is 0 Å². The van der Waals surface area contributed by atoms with Gasteiger partial charge in [-0.2, -0.15) is 0 Å². The highest BCUT2D eigenvalue weighted by molar-refractivity contribution is 5.92. The average molecular weight is 292 g/mol. The number of carbonyl (C=O) groups excluding carboxylic acids is 1. The van der Waals surface area contributed by atoms with E-state index in [2.05, 4.69) is 11.9 Å². The minimum atomic E-state index is -0.269. The van der Waals surface area contributed by atoms with Gasteiger partial charge in [0.15, 0.2) is 0 Å². The van der Waals surface area contributed by atoms with E-state index in [1.165, 1.54) is 0 Å². The third kappa shape index (κ3) is 2.99. The highest BCUT2D eigenvalue weighted by Crippen LogP contribution is 2.38. The molecule has 2 aliphatic rings. The highest BCUT2D eigenvalue weighted by atomic mass is 16.5. The first-order valence-corrected chi connectivity index (χ1v) is 7.90. The predicted octanol–water partition coefficient (Wildman–Crippen LogP) is 1.94. The number of carbonyl (C=O) groups is 1. The minimum absolute atomic E-state index is 0.0539. The molecule has 0 radical (unpaired) electrons. The van der Waals surface area contributed by atoms with Gasteiger partial charge in [-0.15, -0.1) is 0 Å². The molecule has 3 heterocycles. The lowest BCUT2D eigenvalue weighted by atomic mass is 9.81. The van der Waals surface area contributed by atoms with E-state index >= 15 is 0 Å². The van der Waals surface area contributed by atoms with E-state index in [9.17, 15) is 9.90 Å². The normalized spacial score (nSPS) is 28.8. The number of aliphatic hydroxyl groups is 1. The van der Waals surface area contributed by atoms with E-state index in [-0.39, 0.29) is 23.7 Å². The molecule has 0 bridgehead atoms. The van der Waals surface area contributed by atoms with Gasteiger partial charge in [-0.3, -0.25) is 4.79 Å². The van der Waals surface area contributed by atoms with Gasteiger partial charge < -0.3 is 19.7 Å². The molecule has 0 aromatic carbocycles. The molecule has 21 heavy (non-hydrogen) atoms. The lowest BCUT2D eigenvalue weighted by Crippen LogP contribution is -2.53. The molecule has 116 valence electrons. The maximum absolute atomic E-state index is 12.3. The molecule has 0 saturated carbocycles. The number of piperidine rings is 1. The van der Waals surface area contributed by atoms with Gasteiger partial charge in [0.1, 0.15) is 5.69 Å². The Hall–Kier alpha value is -1.33. The zero-order chi connectivity index (χ0) is 14.9. The SMILES string of the molecule is CC[C@H]1C[C@@H](O)CC2(CCN(C(=O)c3ccc[nH]3)CC2)O1. The molecule has 2 saturated heterocycles. The quantitative estimate of drug-likeness (QED) is 0.875. The topological polar surface area (TPSA) is 65.6 Å². The van der Waals surface area contributed by atoms with Crippen LogP contribution < -0.4 is 0 Å². The number of ether oxygens (including phenoxy) is 1. The van der Waals surface area contributed by atoms with Gasteiger partial charge in [-0.05, 0) is 37.8 Å². The van der Waals surface area contributed by atoms with E-state index in [4.69, 9.17) is 4.74 Å². The lowest BCUT2D eigenvalue weighted by Gasteiger charge is -2.47. The number of rotatable bonds is 2. The van der Waals surface area contributed by atoms with Crippen molar-refractivity contribution in [2.45, 2.75) is 56.8 Å². The molecule has 1 amide bonds. The largest absolute Gasteiger partial charge is 0.393 e. The Kier molecular flexibility index (Phi) is 4.04. The monoisotopic (exact) mass is 292 g/mol. The number of aromatic amines is 1.